The van der Waals surface area contributed by atoms with Crippen molar-refractivity contribution in [2.24, 2.45) is 10.2 Å². The van der Waals surface area contributed by atoms with Gasteiger partial charge in [0.25, 0.3) is 0 Å². The Bertz CT molecular complexity index is 628. The van der Waals surface area contributed by atoms with Gasteiger partial charge in [-0.1, -0.05) is 41.2 Å². The SMILES string of the molecule is C.CC.CC.CCS(=O)(=O)N(C)C.CN=Nc1c(O)ccc2c1CCCC2. The number of aryl methyl sites for hydroxylation is 1. The van der Waals surface area contributed by atoms with Crippen LogP contribution >= 0.6 is 0 Å². The number of azo groups is 1. The molecule has 0 unspecified atom stereocenters. The molecule has 1 aromatic rings. The third-order valence-corrected chi connectivity index (χ3v) is 5.44. The number of fused-ring (bicyclic) bond motifs is 1. The first-order valence-electron chi connectivity index (χ1n) is 9.37. The first-order valence-corrected chi connectivity index (χ1v) is 11.0. The molecule has 1 aliphatic carbocycles. The van der Waals surface area contributed by atoms with Crippen LogP contribution in [0.1, 0.15) is 66.0 Å². The summed E-state index contributed by atoms with van der Waals surface area (Å²) < 4.78 is 22.5. The predicted molar refractivity (Wildman–Crippen MR) is 118 cm³/mol. The first kappa shape index (κ1) is 30.3. The largest absolute Gasteiger partial charge is 0.506 e. The zero-order chi connectivity index (χ0) is 20.8. The van der Waals surface area contributed by atoms with E-state index in [-0.39, 0.29) is 18.9 Å². The molecule has 1 aromatic carbocycles. The fraction of sp³-hybridized carbons (Fsp3) is 0.700. The van der Waals surface area contributed by atoms with Crippen molar-refractivity contribution in [3.8, 4) is 5.75 Å². The predicted octanol–water partition coefficient (Wildman–Crippen LogP) is 5.57. The molecule has 0 atom stereocenters. The molecule has 0 fully saturated rings. The number of hydrogen-bond donors (Lipinski definition) is 1. The Kier molecular flexibility index (Phi) is 18.7. The summed E-state index contributed by atoms with van der Waals surface area (Å²) in [5, 5.41) is 17.4. The Balaban J connectivity index is -0.000000385. The first-order chi connectivity index (χ1) is 12.3. The van der Waals surface area contributed by atoms with E-state index in [9.17, 15) is 13.5 Å². The molecule has 0 amide bonds. The second kappa shape index (κ2) is 16.7. The van der Waals surface area contributed by atoms with Crippen molar-refractivity contribution in [1.82, 2.24) is 4.31 Å². The molecule has 0 bridgehead atoms. The summed E-state index contributed by atoms with van der Waals surface area (Å²) >= 11 is 0. The molecule has 0 saturated carbocycles. The van der Waals surface area contributed by atoms with Gasteiger partial charge in [0.1, 0.15) is 11.4 Å². The average molecular weight is 404 g/mol. The zero-order valence-electron chi connectivity index (χ0n) is 17.7. The van der Waals surface area contributed by atoms with E-state index in [1.807, 2.05) is 33.8 Å². The van der Waals surface area contributed by atoms with Gasteiger partial charge in [-0.3, -0.25) is 0 Å². The minimum atomic E-state index is -2.90. The molecule has 6 nitrogen and oxygen atoms in total. The summed E-state index contributed by atoms with van der Waals surface area (Å²) in [5.74, 6) is 0.427. The Morgan fingerprint density at radius 1 is 1.07 bits per heavy atom. The second-order valence-corrected chi connectivity index (χ2v) is 7.73. The fourth-order valence-corrected chi connectivity index (χ4v) is 2.78. The summed E-state index contributed by atoms with van der Waals surface area (Å²) in [5.41, 5.74) is 3.17. The fourth-order valence-electron chi connectivity index (χ4n) is 2.27. The Hall–Kier alpha value is -1.47. The van der Waals surface area contributed by atoms with Crippen LogP contribution in [0.15, 0.2) is 22.4 Å². The lowest BCUT2D eigenvalue weighted by Crippen LogP contribution is -2.23. The maximum atomic E-state index is 10.6. The van der Waals surface area contributed by atoms with E-state index in [2.05, 4.69) is 10.2 Å². The average Bonchev–Trinajstić information content (AvgIpc) is 2.68. The Morgan fingerprint density at radius 3 is 2.00 bits per heavy atom. The van der Waals surface area contributed by atoms with E-state index in [4.69, 9.17) is 0 Å². The molecule has 2 rings (SSSR count). The van der Waals surface area contributed by atoms with Crippen molar-refractivity contribution in [3.63, 3.8) is 0 Å². The highest BCUT2D eigenvalue weighted by molar-refractivity contribution is 7.89. The van der Waals surface area contributed by atoms with Gasteiger partial charge < -0.3 is 5.11 Å². The zero-order valence-corrected chi connectivity index (χ0v) is 18.5. The smallest absolute Gasteiger partial charge is 0.213 e. The van der Waals surface area contributed by atoms with Crippen LogP contribution in [0.3, 0.4) is 0 Å². The van der Waals surface area contributed by atoms with Crippen LogP contribution in [0.5, 0.6) is 5.75 Å². The molecule has 0 radical (unpaired) electrons. The van der Waals surface area contributed by atoms with Crippen LogP contribution in [-0.4, -0.2) is 44.7 Å². The number of rotatable bonds is 3. The van der Waals surface area contributed by atoms with Gasteiger partial charge in [-0.2, -0.15) is 10.2 Å². The van der Waals surface area contributed by atoms with Gasteiger partial charge in [0.05, 0.1) is 5.75 Å². The van der Waals surface area contributed by atoms with Crippen LogP contribution < -0.4 is 0 Å². The quantitative estimate of drug-likeness (QED) is 0.670. The Labute approximate surface area is 167 Å². The summed E-state index contributed by atoms with van der Waals surface area (Å²) in [7, 11) is 1.78. The standard InChI is InChI=1S/C11H14N2O.C4H11NO2S.2C2H6.CH4/c1-12-13-11-9-5-3-2-4-8(9)6-7-10(11)14;1-4-8(6,7)5(2)3;2*1-2;/h6-7,14H,2-5H2,1H3;4H2,1-3H3;2*1-2H3;1H4. The molecule has 0 saturated heterocycles. The number of phenols is 1. The van der Waals surface area contributed by atoms with Gasteiger partial charge in [0.15, 0.2) is 0 Å². The topological polar surface area (TPSA) is 82.3 Å². The Morgan fingerprint density at radius 2 is 1.59 bits per heavy atom. The number of aromatic hydroxyl groups is 1. The van der Waals surface area contributed by atoms with Crippen molar-refractivity contribution in [2.75, 3.05) is 26.9 Å². The minimum Gasteiger partial charge on any atom is -0.506 e. The molecule has 7 heteroatoms. The lowest BCUT2D eigenvalue weighted by atomic mass is 9.90. The van der Waals surface area contributed by atoms with Crippen molar-refractivity contribution >= 4 is 15.7 Å². The lowest BCUT2D eigenvalue weighted by Gasteiger charge is -2.17. The number of nitrogens with zero attached hydrogens (tertiary/aromatic N) is 3. The van der Waals surface area contributed by atoms with Crippen molar-refractivity contribution in [1.29, 1.82) is 0 Å². The summed E-state index contributed by atoms with van der Waals surface area (Å²) in [4.78, 5) is 0. The molecule has 0 heterocycles. The minimum absolute atomic E-state index is 0. The van der Waals surface area contributed by atoms with E-state index in [0.29, 0.717) is 5.69 Å². The summed E-state index contributed by atoms with van der Waals surface area (Å²) in [6.07, 6.45) is 4.53. The molecule has 1 N–H and O–H groups in total. The summed E-state index contributed by atoms with van der Waals surface area (Å²) in [6, 6.07) is 3.71. The van der Waals surface area contributed by atoms with Gasteiger partial charge in [-0.25, -0.2) is 12.7 Å². The van der Waals surface area contributed by atoms with Gasteiger partial charge in [-0.15, -0.1) is 0 Å². The van der Waals surface area contributed by atoms with E-state index >= 15 is 0 Å². The molecule has 0 aliphatic heterocycles. The highest BCUT2D eigenvalue weighted by atomic mass is 32.2. The van der Waals surface area contributed by atoms with E-state index in [1.165, 1.54) is 42.4 Å². The van der Waals surface area contributed by atoms with Gasteiger partial charge in [0.2, 0.25) is 10.0 Å². The molecule has 160 valence electrons. The molecular formula is C20H41N3O3S. The molecular weight excluding hydrogens is 362 g/mol. The third-order valence-electron chi connectivity index (χ3n) is 3.60. The number of hydrogen-bond acceptors (Lipinski definition) is 5. The van der Waals surface area contributed by atoms with Crippen LogP contribution in [0.2, 0.25) is 0 Å². The van der Waals surface area contributed by atoms with Crippen LogP contribution in [-0.2, 0) is 22.9 Å². The van der Waals surface area contributed by atoms with Crippen molar-refractivity contribution < 1.29 is 13.5 Å². The second-order valence-electron chi connectivity index (χ2n) is 5.26. The molecule has 0 spiro atoms. The highest BCUT2D eigenvalue weighted by Gasteiger charge is 2.15. The van der Waals surface area contributed by atoms with Crippen molar-refractivity contribution in [2.45, 2.75) is 67.7 Å². The monoisotopic (exact) mass is 403 g/mol. The maximum Gasteiger partial charge on any atom is 0.213 e. The van der Waals surface area contributed by atoms with Crippen LogP contribution in [0, 0.1) is 0 Å². The summed E-state index contributed by atoms with van der Waals surface area (Å²) in [6.45, 7) is 9.62. The van der Waals surface area contributed by atoms with Crippen molar-refractivity contribution in [3.05, 3.63) is 23.3 Å². The van der Waals surface area contributed by atoms with Gasteiger partial charge >= 0.3 is 0 Å². The lowest BCUT2D eigenvalue weighted by molar-refractivity contribution is 0.474. The third kappa shape index (κ3) is 10.4. The molecule has 0 aromatic heterocycles. The van der Waals surface area contributed by atoms with Gasteiger partial charge in [0, 0.05) is 21.1 Å². The number of benzene rings is 1. The number of phenolic OH excluding ortho intramolecular Hbond substituents is 1. The van der Waals surface area contributed by atoms with Gasteiger partial charge in [-0.05, 0) is 49.8 Å². The maximum absolute atomic E-state index is 10.6. The molecule has 1 aliphatic rings. The van der Waals surface area contributed by atoms with E-state index in [1.54, 1.807) is 20.0 Å². The van der Waals surface area contributed by atoms with E-state index < -0.39 is 10.0 Å². The normalized spacial score (nSPS) is 12.3. The highest BCUT2D eigenvalue weighted by Crippen LogP contribution is 2.36. The van der Waals surface area contributed by atoms with Crippen LogP contribution in [0.25, 0.3) is 0 Å². The molecule has 27 heavy (non-hydrogen) atoms. The number of sulfonamides is 1. The van der Waals surface area contributed by atoms with E-state index in [0.717, 1.165) is 12.8 Å². The van der Waals surface area contributed by atoms with Crippen LogP contribution in [0.4, 0.5) is 5.69 Å².